The van der Waals surface area contributed by atoms with Crippen LogP contribution in [0.2, 0.25) is 13.1 Å². The molecule has 0 amide bonds. The molecular weight excluding hydrogens is 206 g/mol. The molecule has 6 heteroatoms. The first kappa shape index (κ1) is 15.4. The zero-order valence-electron chi connectivity index (χ0n) is 8.36. The van der Waals surface area contributed by atoms with Gasteiger partial charge in [-0.05, 0) is 31.5 Å². The van der Waals surface area contributed by atoms with Crippen molar-refractivity contribution in [2.24, 2.45) is 5.73 Å². The number of rotatable bonds is 4. The van der Waals surface area contributed by atoms with Gasteiger partial charge in [-0.25, -0.2) is 0 Å². The van der Waals surface area contributed by atoms with E-state index < -0.39 is 21.1 Å². The maximum Gasteiger partial charge on any atom is 0.320 e. The first-order valence-corrected chi connectivity index (χ1v) is 8.29. The predicted octanol–water partition coefficient (Wildman–Crippen LogP) is 0.113. The summed E-state index contributed by atoms with van der Waals surface area (Å²) in [6.45, 7) is 3.72. The highest BCUT2D eigenvalue weighted by Crippen LogP contribution is 1.97. The first-order valence-electron chi connectivity index (χ1n) is 4.07. The van der Waals surface area contributed by atoms with Gasteiger partial charge in [0.2, 0.25) is 0 Å². The van der Waals surface area contributed by atoms with E-state index in [4.69, 9.17) is 15.6 Å². The minimum Gasteiger partial charge on any atom is -0.480 e. The summed E-state index contributed by atoms with van der Waals surface area (Å²) in [7, 11) is -1.14. The van der Waals surface area contributed by atoms with E-state index in [0.717, 1.165) is 5.75 Å². The molecule has 0 saturated carbocycles. The quantitative estimate of drug-likeness (QED) is 0.592. The van der Waals surface area contributed by atoms with Crippen molar-refractivity contribution >= 4 is 26.8 Å². The van der Waals surface area contributed by atoms with Gasteiger partial charge in [-0.2, -0.15) is 11.8 Å². The minimum atomic E-state index is -1.14. The number of hydrogen-bond donors (Lipinski definition) is 3. The van der Waals surface area contributed by atoms with Crippen molar-refractivity contribution in [2.75, 3.05) is 12.0 Å². The topological polar surface area (TPSA) is 83.6 Å². The van der Waals surface area contributed by atoms with Gasteiger partial charge in [-0.15, -0.1) is 0 Å². The lowest BCUT2D eigenvalue weighted by atomic mass is 10.2. The van der Waals surface area contributed by atoms with E-state index in [0.29, 0.717) is 6.42 Å². The summed E-state index contributed by atoms with van der Waals surface area (Å²) < 4.78 is 0. The Morgan fingerprint density at radius 3 is 2.23 bits per heavy atom. The Kier molecular flexibility index (Phi) is 11.9. The maximum absolute atomic E-state index is 10.1. The number of nitrogens with two attached hydrogens (primary N) is 1. The van der Waals surface area contributed by atoms with Crippen LogP contribution in [0.5, 0.6) is 0 Å². The fourth-order valence-electron chi connectivity index (χ4n) is 0.368. The Balaban J connectivity index is 0. The second-order valence-corrected chi connectivity index (χ2v) is 5.99. The Morgan fingerprint density at radius 2 is 2.00 bits per heavy atom. The average molecular weight is 225 g/mol. The van der Waals surface area contributed by atoms with Crippen molar-refractivity contribution in [1.29, 1.82) is 0 Å². The van der Waals surface area contributed by atoms with Crippen molar-refractivity contribution in [3.63, 3.8) is 0 Å². The number of carboxylic acid groups (broad SMARTS) is 1. The van der Waals surface area contributed by atoms with Crippen LogP contribution in [0.4, 0.5) is 0 Å². The average Bonchev–Trinajstić information content (AvgIpc) is 1.98. The lowest BCUT2D eigenvalue weighted by Gasteiger charge is -2.02. The summed E-state index contributed by atoms with van der Waals surface area (Å²) >= 11 is 1.60. The Morgan fingerprint density at radius 1 is 1.62 bits per heavy atom. The third kappa shape index (κ3) is 18.7. The van der Waals surface area contributed by atoms with Crippen LogP contribution in [0, 0.1) is 0 Å². The highest BCUT2D eigenvalue weighted by molar-refractivity contribution is 7.98. The molecule has 0 aromatic carbocycles. The van der Waals surface area contributed by atoms with Gasteiger partial charge in [0.1, 0.15) is 6.04 Å². The number of thioether (sulfide) groups is 1. The smallest absolute Gasteiger partial charge is 0.320 e. The van der Waals surface area contributed by atoms with Crippen molar-refractivity contribution < 1.29 is 14.7 Å². The monoisotopic (exact) mass is 225 g/mol. The Bertz CT molecular complexity index is 132. The summed E-state index contributed by atoms with van der Waals surface area (Å²) in [5.74, 6) is -0.1000. The molecule has 1 atom stereocenters. The number of carboxylic acids is 1. The number of carbonyl (C=O) groups is 1. The SMILES string of the molecule is CSCCC(N)C(=O)O.C[SiH](C)O. The highest BCUT2D eigenvalue weighted by atomic mass is 32.2. The van der Waals surface area contributed by atoms with Gasteiger partial charge in [0.15, 0.2) is 9.04 Å². The van der Waals surface area contributed by atoms with Gasteiger partial charge in [0, 0.05) is 0 Å². The summed E-state index contributed by atoms with van der Waals surface area (Å²) in [6, 6.07) is -0.683. The molecule has 0 bridgehead atoms. The molecular formula is C7H19NO3SSi. The van der Waals surface area contributed by atoms with E-state index in [1.54, 1.807) is 11.8 Å². The lowest BCUT2D eigenvalue weighted by Crippen LogP contribution is -2.30. The van der Waals surface area contributed by atoms with Crippen molar-refractivity contribution in [2.45, 2.75) is 25.6 Å². The third-order valence-electron chi connectivity index (χ3n) is 0.950. The van der Waals surface area contributed by atoms with Crippen LogP contribution >= 0.6 is 11.8 Å². The molecule has 0 spiro atoms. The molecule has 0 aromatic rings. The molecule has 0 aliphatic rings. The molecule has 0 aliphatic carbocycles. The van der Waals surface area contributed by atoms with E-state index in [9.17, 15) is 4.79 Å². The fourth-order valence-corrected chi connectivity index (χ4v) is 0.858. The number of hydrogen-bond acceptors (Lipinski definition) is 4. The van der Waals surface area contributed by atoms with Crippen LogP contribution in [-0.4, -0.2) is 43.0 Å². The molecule has 0 saturated heterocycles. The molecule has 0 heterocycles. The molecule has 0 aromatic heterocycles. The normalized spacial score (nSPS) is 11.8. The zero-order valence-corrected chi connectivity index (χ0v) is 10.3. The van der Waals surface area contributed by atoms with E-state index in [1.165, 1.54) is 0 Å². The molecule has 4 N–H and O–H groups in total. The van der Waals surface area contributed by atoms with Crippen LogP contribution in [0.25, 0.3) is 0 Å². The van der Waals surface area contributed by atoms with Gasteiger partial charge in [0.25, 0.3) is 0 Å². The molecule has 0 aliphatic heterocycles. The van der Waals surface area contributed by atoms with E-state index in [2.05, 4.69) is 0 Å². The van der Waals surface area contributed by atoms with Gasteiger partial charge in [-0.1, -0.05) is 0 Å². The maximum atomic E-state index is 10.1. The summed E-state index contributed by atoms with van der Waals surface area (Å²) in [6.07, 6.45) is 2.48. The van der Waals surface area contributed by atoms with Crippen LogP contribution < -0.4 is 5.73 Å². The second-order valence-electron chi connectivity index (χ2n) is 2.82. The Hall–Kier alpha value is -0.0431. The first-order chi connectivity index (χ1) is 5.91. The van der Waals surface area contributed by atoms with Crippen LogP contribution in [0.15, 0.2) is 0 Å². The molecule has 1 unspecified atom stereocenters. The molecule has 0 radical (unpaired) electrons. The molecule has 4 nitrogen and oxygen atoms in total. The van der Waals surface area contributed by atoms with Crippen LogP contribution in [0.1, 0.15) is 6.42 Å². The molecule has 0 rings (SSSR count). The fraction of sp³-hybridized carbons (Fsp3) is 0.857. The van der Waals surface area contributed by atoms with Gasteiger partial charge in [-0.3, -0.25) is 4.79 Å². The summed E-state index contributed by atoms with van der Waals surface area (Å²) in [4.78, 5) is 18.3. The third-order valence-corrected chi connectivity index (χ3v) is 1.59. The standard InChI is InChI=1S/C5H11NO2S.C2H8OSi/c1-9-3-2-4(6)5(7)8;1-4(2)3/h4H,2-3,6H2,1H3,(H,7,8);3-4H,1-2H3. The van der Waals surface area contributed by atoms with Crippen LogP contribution in [0.3, 0.4) is 0 Å². The zero-order chi connectivity index (χ0) is 10.9. The van der Waals surface area contributed by atoms with E-state index >= 15 is 0 Å². The van der Waals surface area contributed by atoms with Gasteiger partial charge in [0.05, 0.1) is 0 Å². The summed E-state index contributed by atoms with van der Waals surface area (Å²) in [5.41, 5.74) is 5.19. The highest BCUT2D eigenvalue weighted by Gasteiger charge is 2.08. The van der Waals surface area contributed by atoms with Gasteiger partial charge < -0.3 is 15.6 Å². The number of aliphatic carboxylic acids is 1. The van der Waals surface area contributed by atoms with E-state index in [1.807, 2.05) is 19.3 Å². The van der Waals surface area contributed by atoms with Crippen LogP contribution in [-0.2, 0) is 4.79 Å². The van der Waals surface area contributed by atoms with Crippen molar-refractivity contribution in [1.82, 2.24) is 0 Å². The lowest BCUT2D eigenvalue weighted by molar-refractivity contribution is -0.138. The van der Waals surface area contributed by atoms with Crippen molar-refractivity contribution in [3.8, 4) is 0 Å². The summed E-state index contributed by atoms with van der Waals surface area (Å²) in [5, 5.41) is 8.27. The Labute approximate surface area is 85.2 Å². The second kappa shape index (κ2) is 10.0. The largest absolute Gasteiger partial charge is 0.480 e. The van der Waals surface area contributed by atoms with Crippen molar-refractivity contribution in [3.05, 3.63) is 0 Å². The molecule has 0 fully saturated rings. The predicted molar refractivity (Wildman–Crippen MR) is 59.7 cm³/mol. The van der Waals surface area contributed by atoms with E-state index in [-0.39, 0.29) is 0 Å². The van der Waals surface area contributed by atoms with Gasteiger partial charge >= 0.3 is 5.97 Å². The minimum absolute atomic E-state index is 0.552. The molecule has 13 heavy (non-hydrogen) atoms. The molecule has 80 valence electrons.